The predicted octanol–water partition coefficient (Wildman–Crippen LogP) is 5.60. The van der Waals surface area contributed by atoms with Gasteiger partial charge in [0, 0.05) is 23.2 Å². The van der Waals surface area contributed by atoms with Gasteiger partial charge in [-0.25, -0.2) is 9.07 Å². The molecule has 0 fully saturated rings. The maximum absolute atomic E-state index is 15.3. The van der Waals surface area contributed by atoms with Crippen LogP contribution in [0.5, 0.6) is 17.2 Å². The lowest BCUT2D eigenvalue weighted by Gasteiger charge is -2.17. The van der Waals surface area contributed by atoms with Crippen LogP contribution in [0.1, 0.15) is 30.7 Å². The third-order valence-corrected chi connectivity index (χ3v) is 5.63. The third-order valence-electron chi connectivity index (χ3n) is 5.30. The van der Waals surface area contributed by atoms with E-state index >= 15 is 4.39 Å². The van der Waals surface area contributed by atoms with Gasteiger partial charge in [-0.05, 0) is 36.8 Å². The number of carbonyl (C=O) groups excluding carboxylic acids is 1. The average molecular weight is 521 g/mol. The molecular formula is C25H20ClF3N2O5. The van der Waals surface area contributed by atoms with Gasteiger partial charge in [-0.1, -0.05) is 43.7 Å². The largest absolute Gasteiger partial charge is 0.586 e. The molecule has 2 heterocycles. The molecule has 0 amide bonds. The summed E-state index contributed by atoms with van der Waals surface area (Å²) >= 11 is 6.40. The molecule has 4 rings (SSSR count). The normalized spacial score (nSPS) is 14.0. The van der Waals surface area contributed by atoms with E-state index < -0.39 is 29.6 Å². The highest BCUT2D eigenvalue weighted by Crippen LogP contribution is 2.42. The van der Waals surface area contributed by atoms with E-state index in [0.29, 0.717) is 5.56 Å². The minimum atomic E-state index is -3.77. The number of alkyl halides is 2. The van der Waals surface area contributed by atoms with Crippen LogP contribution in [-0.2, 0) is 11.8 Å². The number of esters is 1. The van der Waals surface area contributed by atoms with Gasteiger partial charge >= 0.3 is 12.3 Å². The van der Waals surface area contributed by atoms with Crippen LogP contribution >= 0.6 is 11.6 Å². The Morgan fingerprint density at radius 2 is 1.83 bits per heavy atom. The van der Waals surface area contributed by atoms with Gasteiger partial charge < -0.3 is 14.2 Å². The van der Waals surface area contributed by atoms with E-state index in [0.717, 1.165) is 10.7 Å². The van der Waals surface area contributed by atoms with E-state index in [1.807, 2.05) is 0 Å². The van der Waals surface area contributed by atoms with Crippen molar-refractivity contribution in [3.05, 3.63) is 68.3 Å². The zero-order chi connectivity index (χ0) is 26.4. The maximum atomic E-state index is 15.3. The van der Waals surface area contributed by atoms with E-state index in [1.54, 1.807) is 13.8 Å². The van der Waals surface area contributed by atoms with Crippen LogP contribution < -0.4 is 19.8 Å². The second kappa shape index (κ2) is 9.34. The lowest BCUT2D eigenvalue weighted by atomic mass is 9.97. The third kappa shape index (κ3) is 4.81. The van der Waals surface area contributed by atoms with Gasteiger partial charge in [0.15, 0.2) is 17.2 Å². The molecular weight excluding hydrogens is 501 g/mol. The summed E-state index contributed by atoms with van der Waals surface area (Å²) in [4.78, 5) is 25.5. The molecule has 0 atom stereocenters. The summed E-state index contributed by atoms with van der Waals surface area (Å²) < 4.78 is 57.3. The van der Waals surface area contributed by atoms with Gasteiger partial charge in [-0.2, -0.15) is 5.10 Å². The maximum Gasteiger partial charge on any atom is 0.586 e. The number of carbonyl (C=O) groups is 1. The number of aryl methyl sites for hydroxylation is 2. The molecule has 11 heteroatoms. The summed E-state index contributed by atoms with van der Waals surface area (Å²) in [7, 11) is 1.38. The van der Waals surface area contributed by atoms with Crippen molar-refractivity contribution in [3.8, 4) is 28.4 Å². The number of fused-ring (bicyclic) bond motifs is 1. The van der Waals surface area contributed by atoms with Crippen molar-refractivity contribution >= 4 is 29.7 Å². The standard InChI is InChI=1S/C25H20ClF3N2O5/c1-12(2)24(33)34-22-13(3)30-31(4)23(32)21(22)20-15(16(26)8-9-17(20)27)7-5-14-6-10-18-19(11-14)36-25(28,29)35-18/h5-12H,1-4H3/b7-5+. The summed E-state index contributed by atoms with van der Waals surface area (Å²) in [5.41, 5.74) is -0.455. The Labute approximate surface area is 208 Å². The van der Waals surface area contributed by atoms with Crippen molar-refractivity contribution in [1.29, 1.82) is 0 Å². The van der Waals surface area contributed by atoms with Crippen LogP contribution in [0.25, 0.3) is 23.3 Å². The summed E-state index contributed by atoms with van der Waals surface area (Å²) in [6, 6.07) is 6.48. The van der Waals surface area contributed by atoms with Gasteiger partial charge in [0.05, 0.1) is 11.5 Å². The molecule has 0 radical (unpaired) electrons. The van der Waals surface area contributed by atoms with Gasteiger partial charge in [0.2, 0.25) is 0 Å². The molecule has 2 aromatic carbocycles. The second-order valence-corrected chi connectivity index (χ2v) is 8.73. The number of nitrogens with zero attached hydrogens (tertiary/aromatic N) is 2. The molecule has 0 bridgehead atoms. The number of ether oxygens (including phenoxy) is 3. The van der Waals surface area contributed by atoms with E-state index in [4.69, 9.17) is 16.3 Å². The van der Waals surface area contributed by atoms with Crippen molar-refractivity contribution < 1.29 is 32.2 Å². The van der Waals surface area contributed by atoms with Gasteiger partial charge in [0.1, 0.15) is 11.5 Å². The lowest BCUT2D eigenvalue weighted by Crippen LogP contribution is -2.26. The molecule has 7 nitrogen and oxygen atoms in total. The fourth-order valence-electron chi connectivity index (χ4n) is 3.55. The average Bonchev–Trinajstić information content (AvgIpc) is 3.11. The second-order valence-electron chi connectivity index (χ2n) is 8.32. The predicted molar refractivity (Wildman–Crippen MR) is 127 cm³/mol. The summed E-state index contributed by atoms with van der Waals surface area (Å²) in [6.45, 7) is 4.74. The Morgan fingerprint density at radius 3 is 2.53 bits per heavy atom. The van der Waals surface area contributed by atoms with Crippen molar-refractivity contribution in [2.45, 2.75) is 27.1 Å². The fourth-order valence-corrected chi connectivity index (χ4v) is 3.77. The van der Waals surface area contributed by atoms with Gasteiger partial charge in [0.25, 0.3) is 5.56 Å². The summed E-state index contributed by atoms with van der Waals surface area (Å²) in [5.74, 6) is -2.44. The molecule has 1 aliphatic heterocycles. The van der Waals surface area contributed by atoms with E-state index in [1.165, 1.54) is 50.4 Å². The molecule has 0 spiro atoms. The first-order valence-corrected chi connectivity index (χ1v) is 11.1. The number of rotatable bonds is 5. The van der Waals surface area contributed by atoms with E-state index in [9.17, 15) is 18.4 Å². The molecule has 0 saturated carbocycles. The first kappa shape index (κ1) is 25.3. The van der Waals surface area contributed by atoms with Crippen LogP contribution in [0.4, 0.5) is 13.2 Å². The topological polar surface area (TPSA) is 79.7 Å². The number of hydrogen-bond acceptors (Lipinski definition) is 6. The van der Waals surface area contributed by atoms with Crippen molar-refractivity contribution in [1.82, 2.24) is 9.78 Å². The highest BCUT2D eigenvalue weighted by molar-refractivity contribution is 6.32. The van der Waals surface area contributed by atoms with Crippen molar-refractivity contribution in [2.24, 2.45) is 13.0 Å². The van der Waals surface area contributed by atoms with Crippen LogP contribution in [0.2, 0.25) is 5.02 Å². The molecule has 3 aromatic rings. The Balaban J connectivity index is 1.87. The number of halogens is 4. The molecule has 188 valence electrons. The van der Waals surface area contributed by atoms with E-state index in [-0.39, 0.29) is 44.7 Å². The summed E-state index contributed by atoms with van der Waals surface area (Å²) in [5, 5.41) is 4.15. The Kier molecular flexibility index (Phi) is 6.57. The van der Waals surface area contributed by atoms with Crippen LogP contribution in [0.15, 0.2) is 35.1 Å². The first-order valence-electron chi connectivity index (χ1n) is 10.7. The first-order chi connectivity index (χ1) is 16.9. The van der Waals surface area contributed by atoms with Crippen molar-refractivity contribution in [3.63, 3.8) is 0 Å². The highest BCUT2D eigenvalue weighted by atomic mass is 35.5. The van der Waals surface area contributed by atoms with Gasteiger partial charge in [-0.15, -0.1) is 8.78 Å². The zero-order valence-corrected chi connectivity index (χ0v) is 20.3. The smallest absolute Gasteiger partial charge is 0.423 e. The quantitative estimate of drug-likeness (QED) is 0.322. The molecule has 0 saturated heterocycles. The monoisotopic (exact) mass is 520 g/mol. The molecule has 1 aromatic heterocycles. The Hall–Kier alpha value is -3.79. The van der Waals surface area contributed by atoms with E-state index in [2.05, 4.69) is 14.6 Å². The molecule has 0 aliphatic carbocycles. The Morgan fingerprint density at radius 1 is 1.14 bits per heavy atom. The van der Waals surface area contributed by atoms with Crippen molar-refractivity contribution in [2.75, 3.05) is 0 Å². The van der Waals surface area contributed by atoms with Crippen LogP contribution in [0, 0.1) is 18.7 Å². The molecule has 0 N–H and O–H groups in total. The van der Waals surface area contributed by atoms with Gasteiger partial charge in [-0.3, -0.25) is 9.59 Å². The number of benzene rings is 2. The molecule has 1 aliphatic rings. The lowest BCUT2D eigenvalue weighted by molar-refractivity contribution is -0.286. The number of hydrogen-bond donors (Lipinski definition) is 0. The minimum absolute atomic E-state index is 0.0904. The summed E-state index contributed by atoms with van der Waals surface area (Å²) in [6.07, 6.45) is -0.880. The molecule has 0 unspecified atom stereocenters. The number of aromatic nitrogens is 2. The SMILES string of the molecule is Cc1nn(C)c(=O)c(-c2c(F)ccc(Cl)c2/C=C/c2ccc3c(c2)OC(F)(F)O3)c1OC(=O)C(C)C. The fraction of sp³-hybridized carbons (Fsp3) is 0.240. The van der Waals surface area contributed by atoms with Crippen LogP contribution in [0.3, 0.4) is 0 Å². The van der Waals surface area contributed by atoms with Crippen LogP contribution in [-0.4, -0.2) is 22.0 Å². The molecule has 36 heavy (non-hydrogen) atoms. The highest BCUT2D eigenvalue weighted by Gasteiger charge is 2.43. The minimum Gasteiger partial charge on any atom is -0.423 e. The Bertz CT molecular complexity index is 1470. The zero-order valence-electron chi connectivity index (χ0n) is 19.6.